The van der Waals surface area contributed by atoms with E-state index in [9.17, 15) is 9.59 Å². The molecule has 27 heavy (non-hydrogen) atoms. The second-order valence-corrected chi connectivity index (χ2v) is 7.45. The van der Waals surface area contributed by atoms with Gasteiger partial charge in [0.2, 0.25) is 0 Å². The first-order chi connectivity index (χ1) is 13.0. The number of hydrogen-bond donors (Lipinski definition) is 1. The highest BCUT2D eigenvalue weighted by atomic mass is 32.2. The molecule has 1 N–H and O–H groups in total. The molecule has 1 aliphatic heterocycles. The third-order valence-electron chi connectivity index (χ3n) is 4.06. The van der Waals surface area contributed by atoms with E-state index in [2.05, 4.69) is 10.4 Å². The number of aromatic nitrogens is 1. The minimum Gasteiger partial charge on any atom is -0.469 e. The van der Waals surface area contributed by atoms with E-state index in [1.807, 2.05) is 30.3 Å². The average molecular weight is 395 g/mol. The summed E-state index contributed by atoms with van der Waals surface area (Å²) in [5, 5.41) is 2.06. The van der Waals surface area contributed by atoms with Crippen molar-refractivity contribution in [1.29, 1.82) is 0 Å². The fraction of sp³-hybridized carbons (Fsp3) is 0.0526. The summed E-state index contributed by atoms with van der Waals surface area (Å²) in [7, 11) is 0. The maximum Gasteiger partial charge on any atom is 0.285 e. The molecule has 3 heterocycles. The van der Waals surface area contributed by atoms with Crippen LogP contribution >= 0.6 is 24.0 Å². The van der Waals surface area contributed by atoms with Gasteiger partial charge in [0.05, 0.1) is 22.2 Å². The number of hydrogen-bond acceptors (Lipinski definition) is 6. The fourth-order valence-electron chi connectivity index (χ4n) is 2.73. The van der Waals surface area contributed by atoms with Crippen molar-refractivity contribution < 1.29 is 14.0 Å². The van der Waals surface area contributed by atoms with E-state index in [1.54, 1.807) is 25.3 Å². The summed E-state index contributed by atoms with van der Waals surface area (Å²) in [6.07, 6.45) is 4.87. The molecule has 1 aromatic carbocycles. The van der Waals surface area contributed by atoms with Crippen LogP contribution in [0.3, 0.4) is 0 Å². The van der Waals surface area contributed by atoms with Gasteiger partial charge < -0.3 is 4.42 Å². The number of aryl methyl sites for hydroxylation is 1. The van der Waals surface area contributed by atoms with Crippen LogP contribution in [0.1, 0.15) is 21.7 Å². The van der Waals surface area contributed by atoms with Gasteiger partial charge >= 0.3 is 0 Å². The molecule has 2 aromatic heterocycles. The van der Waals surface area contributed by atoms with Gasteiger partial charge in [0.1, 0.15) is 5.76 Å². The normalized spacial score (nSPS) is 15.7. The number of thiocarbonyl (C=S) groups is 1. The van der Waals surface area contributed by atoms with E-state index in [-0.39, 0.29) is 10.2 Å². The number of thioether (sulfide) groups is 1. The first kappa shape index (κ1) is 17.4. The number of carbonyl (C=O) groups excluding carboxylic acids is 2. The Hall–Kier alpha value is -2.97. The molecule has 0 bridgehead atoms. The third kappa shape index (κ3) is 3.24. The maximum atomic E-state index is 12.7. The molecule has 0 radical (unpaired) electrons. The van der Waals surface area contributed by atoms with Crippen molar-refractivity contribution in [1.82, 2.24) is 15.4 Å². The Morgan fingerprint density at radius 3 is 2.89 bits per heavy atom. The smallest absolute Gasteiger partial charge is 0.285 e. The zero-order valence-electron chi connectivity index (χ0n) is 14.1. The highest BCUT2D eigenvalue weighted by Gasteiger charge is 2.34. The van der Waals surface area contributed by atoms with E-state index in [0.29, 0.717) is 16.2 Å². The van der Waals surface area contributed by atoms with Crippen LogP contribution in [0, 0.1) is 6.92 Å². The Labute approximate surface area is 164 Å². The first-order valence-corrected chi connectivity index (χ1v) is 9.24. The Balaban J connectivity index is 1.62. The van der Waals surface area contributed by atoms with Gasteiger partial charge in [-0.2, -0.15) is 5.01 Å². The highest BCUT2D eigenvalue weighted by molar-refractivity contribution is 8.26. The first-order valence-electron chi connectivity index (χ1n) is 8.01. The topological polar surface area (TPSA) is 75.4 Å². The summed E-state index contributed by atoms with van der Waals surface area (Å²) < 4.78 is 5.38. The van der Waals surface area contributed by atoms with Crippen molar-refractivity contribution in [2.45, 2.75) is 6.92 Å². The average Bonchev–Trinajstić information content (AvgIpc) is 3.20. The molecule has 6 nitrogen and oxygen atoms in total. The number of amides is 2. The molecule has 134 valence electrons. The Bertz CT molecular complexity index is 1110. The number of pyridine rings is 1. The lowest BCUT2D eigenvalue weighted by Crippen LogP contribution is -2.44. The van der Waals surface area contributed by atoms with Gasteiger partial charge in [0, 0.05) is 17.1 Å². The van der Waals surface area contributed by atoms with Crippen LogP contribution in [0.2, 0.25) is 0 Å². The van der Waals surface area contributed by atoms with Crippen LogP contribution in [-0.4, -0.2) is 26.1 Å². The van der Waals surface area contributed by atoms with Crippen LogP contribution in [0.15, 0.2) is 58.2 Å². The van der Waals surface area contributed by atoms with E-state index < -0.39 is 5.91 Å². The lowest BCUT2D eigenvalue weighted by atomic mass is 10.1. The van der Waals surface area contributed by atoms with Crippen LogP contribution in [0.25, 0.3) is 17.0 Å². The number of nitrogens with zero attached hydrogens (tertiary/aromatic N) is 2. The standard InChI is InChI=1S/C19H13N3O3S2/c1-11-14(7-9-25-11)17(23)21-22-18(24)15(27-19(22)26)10-13-5-2-4-12-6-3-8-20-16(12)13/h2-10H,1H3,(H,21,23). The number of rotatable bonds is 3. The predicted molar refractivity (Wildman–Crippen MR) is 108 cm³/mol. The summed E-state index contributed by atoms with van der Waals surface area (Å²) in [4.78, 5) is 29.9. The second-order valence-electron chi connectivity index (χ2n) is 5.77. The molecule has 4 rings (SSSR count). The van der Waals surface area contributed by atoms with Gasteiger partial charge in [-0.3, -0.25) is 20.0 Å². The molecule has 0 unspecified atom stereocenters. The van der Waals surface area contributed by atoms with Crippen molar-refractivity contribution in [3.05, 3.63) is 70.7 Å². The number of para-hydroxylation sites is 1. The molecule has 2 amide bonds. The number of fused-ring (bicyclic) bond motifs is 1. The Morgan fingerprint density at radius 1 is 1.30 bits per heavy atom. The molecule has 3 aromatic rings. The van der Waals surface area contributed by atoms with Crippen molar-refractivity contribution in [3.8, 4) is 0 Å². The minimum atomic E-state index is -0.453. The number of nitrogens with one attached hydrogen (secondary N) is 1. The van der Waals surface area contributed by atoms with Crippen LogP contribution in [0.5, 0.6) is 0 Å². The molecule has 1 saturated heterocycles. The van der Waals surface area contributed by atoms with Crippen molar-refractivity contribution in [2.24, 2.45) is 0 Å². The number of benzene rings is 1. The van der Waals surface area contributed by atoms with Crippen molar-refractivity contribution >= 4 is 57.1 Å². The molecule has 0 atom stereocenters. The fourth-order valence-corrected chi connectivity index (χ4v) is 3.90. The Kier molecular flexibility index (Phi) is 4.51. The van der Waals surface area contributed by atoms with Crippen molar-refractivity contribution in [2.75, 3.05) is 0 Å². The molecule has 0 aliphatic carbocycles. The summed E-state index contributed by atoms with van der Waals surface area (Å²) in [6, 6.07) is 11.1. The molecule has 0 saturated carbocycles. The molecule has 0 spiro atoms. The quantitative estimate of drug-likeness (QED) is 0.539. The third-order valence-corrected chi connectivity index (χ3v) is 5.36. The minimum absolute atomic E-state index is 0.258. The summed E-state index contributed by atoms with van der Waals surface area (Å²) >= 11 is 6.39. The zero-order chi connectivity index (χ0) is 19.0. The van der Waals surface area contributed by atoms with Crippen LogP contribution < -0.4 is 5.43 Å². The van der Waals surface area contributed by atoms with Gasteiger partial charge in [0.25, 0.3) is 11.8 Å². The summed E-state index contributed by atoms with van der Waals surface area (Å²) in [5.74, 6) is -0.367. The number of furan rings is 1. The number of hydrazine groups is 1. The van der Waals surface area contributed by atoms with Gasteiger partial charge in [-0.15, -0.1) is 0 Å². The van der Waals surface area contributed by atoms with Crippen LogP contribution in [-0.2, 0) is 4.79 Å². The van der Waals surface area contributed by atoms with E-state index in [1.165, 1.54) is 6.26 Å². The largest absolute Gasteiger partial charge is 0.469 e. The molecule has 8 heteroatoms. The summed E-state index contributed by atoms with van der Waals surface area (Å²) in [6.45, 7) is 1.67. The van der Waals surface area contributed by atoms with Gasteiger partial charge in [-0.25, -0.2) is 0 Å². The second kappa shape index (κ2) is 6.98. The lowest BCUT2D eigenvalue weighted by Gasteiger charge is -2.15. The van der Waals surface area contributed by atoms with Gasteiger partial charge in [-0.05, 0) is 37.4 Å². The lowest BCUT2D eigenvalue weighted by molar-refractivity contribution is -0.123. The highest BCUT2D eigenvalue weighted by Crippen LogP contribution is 2.32. The SMILES string of the molecule is Cc1occc1C(=O)NN1C(=O)C(=Cc2cccc3cccnc23)SC1=S. The van der Waals surface area contributed by atoms with Gasteiger partial charge in [0.15, 0.2) is 4.32 Å². The predicted octanol–water partition coefficient (Wildman–Crippen LogP) is 3.68. The van der Waals surface area contributed by atoms with E-state index >= 15 is 0 Å². The van der Waals surface area contributed by atoms with Crippen molar-refractivity contribution in [3.63, 3.8) is 0 Å². The zero-order valence-corrected chi connectivity index (χ0v) is 15.8. The van der Waals surface area contributed by atoms with Gasteiger partial charge in [-0.1, -0.05) is 36.0 Å². The van der Waals surface area contributed by atoms with E-state index in [4.69, 9.17) is 16.6 Å². The van der Waals surface area contributed by atoms with Crippen LogP contribution in [0.4, 0.5) is 0 Å². The monoisotopic (exact) mass is 395 g/mol. The summed E-state index contributed by atoms with van der Waals surface area (Å²) in [5.41, 5.74) is 4.50. The molecular weight excluding hydrogens is 382 g/mol. The number of carbonyl (C=O) groups is 2. The Morgan fingerprint density at radius 2 is 2.11 bits per heavy atom. The molecular formula is C19H13N3O3S2. The molecule has 1 aliphatic rings. The van der Waals surface area contributed by atoms with E-state index in [0.717, 1.165) is 33.2 Å². The maximum absolute atomic E-state index is 12.7. The molecule has 1 fully saturated rings.